The number of hydrogen-bond donors (Lipinski definition) is 2. The third-order valence-corrected chi connectivity index (χ3v) is 5.76. The maximum atomic E-state index is 12.8. The molecule has 3 aliphatic rings. The number of nitrogens with zero attached hydrogens (tertiary/aromatic N) is 1. The van der Waals surface area contributed by atoms with Gasteiger partial charge in [-0.2, -0.15) is 0 Å². The molecule has 2 fully saturated rings. The SMILES string of the molecule is C=C/C=C(\C=C\C1CC1NCC1CC1)C(=O)Nc1ccc2c(c1)OCC(=O)N2CC. The van der Waals surface area contributed by atoms with E-state index in [1.807, 2.05) is 13.0 Å². The highest BCUT2D eigenvalue weighted by atomic mass is 16.5. The molecule has 2 unspecified atom stereocenters. The van der Waals surface area contributed by atoms with Crippen molar-refractivity contribution in [2.75, 3.05) is 29.9 Å². The highest BCUT2D eigenvalue weighted by molar-refractivity contribution is 6.06. The molecule has 2 atom stereocenters. The number of likely N-dealkylation sites (N-methyl/N-ethyl adjacent to an activating group) is 1. The standard InChI is InChI=1S/C24H29N3O3/c1-3-5-17(8-9-18-12-20(18)25-14-16-6-7-16)24(29)26-19-10-11-21-22(13-19)30-15-23(28)27(21)4-2/h3,5,8-11,13,16,18,20,25H,1,4,6-7,12,14-15H2,2H3,(H,26,29)/b9-8+,17-5+. The van der Waals surface area contributed by atoms with E-state index in [4.69, 9.17) is 4.74 Å². The van der Waals surface area contributed by atoms with Crippen molar-refractivity contribution < 1.29 is 14.3 Å². The van der Waals surface area contributed by atoms with Gasteiger partial charge in [0, 0.05) is 29.9 Å². The van der Waals surface area contributed by atoms with Crippen LogP contribution in [0, 0.1) is 11.8 Å². The van der Waals surface area contributed by atoms with Gasteiger partial charge in [-0.15, -0.1) is 0 Å². The Bertz CT molecular complexity index is 901. The largest absolute Gasteiger partial charge is 0.481 e. The lowest BCUT2D eigenvalue weighted by Gasteiger charge is -2.28. The Morgan fingerprint density at radius 1 is 1.37 bits per heavy atom. The van der Waals surface area contributed by atoms with Gasteiger partial charge in [-0.3, -0.25) is 9.59 Å². The quantitative estimate of drug-likeness (QED) is 0.486. The summed E-state index contributed by atoms with van der Waals surface area (Å²) in [5.41, 5.74) is 1.91. The van der Waals surface area contributed by atoms with Gasteiger partial charge in [0.1, 0.15) is 5.75 Å². The van der Waals surface area contributed by atoms with Crippen LogP contribution >= 0.6 is 0 Å². The Kier molecular flexibility index (Phi) is 6.04. The van der Waals surface area contributed by atoms with E-state index < -0.39 is 0 Å². The number of hydrogen-bond acceptors (Lipinski definition) is 4. The molecule has 2 N–H and O–H groups in total. The lowest BCUT2D eigenvalue weighted by Crippen LogP contribution is -2.38. The van der Waals surface area contributed by atoms with E-state index >= 15 is 0 Å². The van der Waals surface area contributed by atoms with Crippen LogP contribution in [-0.4, -0.2) is 37.6 Å². The molecule has 2 aliphatic carbocycles. The second kappa shape index (κ2) is 8.88. The summed E-state index contributed by atoms with van der Waals surface area (Å²) in [6, 6.07) is 5.89. The smallest absolute Gasteiger partial charge is 0.265 e. The molecule has 0 bridgehead atoms. The first-order valence-corrected chi connectivity index (χ1v) is 10.7. The van der Waals surface area contributed by atoms with Gasteiger partial charge in [-0.25, -0.2) is 0 Å². The van der Waals surface area contributed by atoms with Crippen molar-refractivity contribution in [2.45, 2.75) is 32.2 Å². The van der Waals surface area contributed by atoms with Gasteiger partial charge in [0.05, 0.1) is 5.69 Å². The lowest BCUT2D eigenvalue weighted by atomic mass is 10.1. The van der Waals surface area contributed by atoms with E-state index in [1.165, 1.54) is 12.8 Å². The molecule has 0 saturated heterocycles. The molecule has 0 radical (unpaired) electrons. The molecule has 1 aromatic carbocycles. The molecular weight excluding hydrogens is 378 g/mol. The molecule has 0 spiro atoms. The zero-order valence-electron chi connectivity index (χ0n) is 17.4. The predicted molar refractivity (Wildman–Crippen MR) is 119 cm³/mol. The average Bonchev–Trinajstić information content (AvgIpc) is 3.65. The minimum atomic E-state index is -0.200. The molecular formula is C24H29N3O3. The second-order valence-electron chi connectivity index (χ2n) is 8.14. The maximum Gasteiger partial charge on any atom is 0.265 e. The molecule has 2 saturated carbocycles. The number of rotatable bonds is 9. The number of benzene rings is 1. The lowest BCUT2D eigenvalue weighted by molar-refractivity contribution is -0.121. The van der Waals surface area contributed by atoms with E-state index in [-0.39, 0.29) is 18.4 Å². The van der Waals surface area contributed by atoms with Crippen molar-refractivity contribution in [2.24, 2.45) is 11.8 Å². The van der Waals surface area contributed by atoms with Crippen molar-refractivity contribution in [3.63, 3.8) is 0 Å². The number of carbonyl (C=O) groups is 2. The topological polar surface area (TPSA) is 70.7 Å². The number of amides is 2. The first kappa shape index (κ1) is 20.4. The maximum absolute atomic E-state index is 12.8. The summed E-state index contributed by atoms with van der Waals surface area (Å²) in [5, 5.41) is 6.52. The monoisotopic (exact) mass is 407 g/mol. The summed E-state index contributed by atoms with van der Waals surface area (Å²) in [7, 11) is 0. The van der Waals surface area contributed by atoms with Gasteiger partial charge in [0.25, 0.3) is 11.8 Å². The molecule has 2 amide bonds. The second-order valence-corrected chi connectivity index (χ2v) is 8.14. The molecule has 6 heteroatoms. The summed E-state index contributed by atoms with van der Waals surface area (Å²) < 4.78 is 5.55. The van der Waals surface area contributed by atoms with Gasteiger partial charge >= 0.3 is 0 Å². The zero-order chi connectivity index (χ0) is 21.1. The highest BCUT2D eigenvalue weighted by Gasteiger charge is 2.35. The molecule has 4 rings (SSSR count). The fraction of sp³-hybridized carbons (Fsp3) is 0.417. The van der Waals surface area contributed by atoms with E-state index in [1.54, 1.807) is 35.3 Å². The van der Waals surface area contributed by atoms with Crippen LogP contribution in [0.3, 0.4) is 0 Å². The predicted octanol–water partition coefficient (Wildman–Crippen LogP) is 3.43. The molecule has 158 valence electrons. The number of anilines is 2. The Hall–Kier alpha value is -2.86. The molecule has 30 heavy (non-hydrogen) atoms. The van der Waals surface area contributed by atoms with Crippen molar-refractivity contribution in [1.29, 1.82) is 0 Å². The number of allylic oxidation sites excluding steroid dienone is 2. The molecule has 0 aromatic heterocycles. The van der Waals surface area contributed by atoms with Gasteiger partial charge < -0.3 is 20.3 Å². The minimum absolute atomic E-state index is 0.0138. The Morgan fingerprint density at radius 3 is 2.93 bits per heavy atom. The van der Waals surface area contributed by atoms with Gasteiger partial charge in [0.15, 0.2) is 6.61 Å². The van der Waals surface area contributed by atoms with Crippen molar-refractivity contribution >= 4 is 23.2 Å². The summed E-state index contributed by atoms with van der Waals surface area (Å²) >= 11 is 0. The highest BCUT2D eigenvalue weighted by Crippen LogP contribution is 2.36. The first-order valence-electron chi connectivity index (χ1n) is 10.7. The van der Waals surface area contributed by atoms with Crippen LogP contribution in [0.1, 0.15) is 26.2 Å². The number of nitrogens with one attached hydrogen (secondary N) is 2. The van der Waals surface area contributed by atoms with E-state index in [0.29, 0.717) is 35.5 Å². The summed E-state index contributed by atoms with van der Waals surface area (Å²) in [6.07, 6.45) is 11.2. The van der Waals surface area contributed by atoms with E-state index in [9.17, 15) is 9.59 Å². The van der Waals surface area contributed by atoms with E-state index in [0.717, 1.165) is 24.6 Å². The van der Waals surface area contributed by atoms with Crippen LogP contribution in [0.5, 0.6) is 5.75 Å². The van der Waals surface area contributed by atoms with Crippen LogP contribution < -0.4 is 20.3 Å². The molecule has 1 aromatic rings. The summed E-state index contributed by atoms with van der Waals surface area (Å²) in [5.74, 6) is 1.70. The Morgan fingerprint density at radius 2 is 2.20 bits per heavy atom. The van der Waals surface area contributed by atoms with Gasteiger partial charge in [0.2, 0.25) is 0 Å². The molecule has 6 nitrogen and oxygen atoms in total. The minimum Gasteiger partial charge on any atom is -0.481 e. The van der Waals surface area contributed by atoms with Crippen LogP contribution in [0.4, 0.5) is 11.4 Å². The van der Waals surface area contributed by atoms with Crippen LogP contribution in [0.2, 0.25) is 0 Å². The molecule has 1 heterocycles. The zero-order valence-corrected chi connectivity index (χ0v) is 17.4. The van der Waals surface area contributed by atoms with Crippen LogP contribution in [0.25, 0.3) is 0 Å². The molecule has 1 aliphatic heterocycles. The fourth-order valence-electron chi connectivity index (χ4n) is 3.70. The summed E-state index contributed by atoms with van der Waals surface area (Å²) in [6.45, 7) is 7.36. The van der Waals surface area contributed by atoms with Crippen LogP contribution in [-0.2, 0) is 9.59 Å². The number of ether oxygens (including phenoxy) is 1. The fourth-order valence-corrected chi connectivity index (χ4v) is 3.70. The normalized spacial score (nSPS) is 23.2. The average molecular weight is 408 g/mol. The van der Waals surface area contributed by atoms with Crippen molar-refractivity contribution in [1.82, 2.24) is 5.32 Å². The summed E-state index contributed by atoms with van der Waals surface area (Å²) in [4.78, 5) is 26.4. The third kappa shape index (κ3) is 4.82. The Labute approximate surface area is 177 Å². The third-order valence-electron chi connectivity index (χ3n) is 5.76. The van der Waals surface area contributed by atoms with Gasteiger partial charge in [-0.1, -0.05) is 30.9 Å². The van der Waals surface area contributed by atoms with Crippen molar-refractivity contribution in [3.05, 3.63) is 54.7 Å². The Balaban J connectivity index is 1.37. The first-order chi connectivity index (χ1) is 14.6. The van der Waals surface area contributed by atoms with E-state index in [2.05, 4.69) is 23.3 Å². The van der Waals surface area contributed by atoms with Crippen LogP contribution in [0.15, 0.2) is 54.7 Å². The van der Waals surface area contributed by atoms with Gasteiger partial charge in [-0.05, 0) is 56.7 Å². The van der Waals surface area contributed by atoms with Crippen molar-refractivity contribution in [3.8, 4) is 5.75 Å². The number of carbonyl (C=O) groups excluding carboxylic acids is 2. The number of fused-ring (bicyclic) bond motifs is 1.